The van der Waals surface area contributed by atoms with E-state index in [4.69, 9.17) is 0 Å². The highest BCUT2D eigenvalue weighted by Crippen LogP contribution is 2.37. The van der Waals surface area contributed by atoms with Crippen LogP contribution >= 0.6 is 0 Å². The number of hydrogen-bond donors (Lipinski definition) is 1. The van der Waals surface area contributed by atoms with Crippen molar-refractivity contribution in [2.45, 2.75) is 13.0 Å². The van der Waals surface area contributed by atoms with E-state index in [0.29, 0.717) is 16.8 Å². The molecule has 4 rings (SSSR count). The molecule has 0 unspecified atom stereocenters. The van der Waals surface area contributed by atoms with Crippen LogP contribution in [0, 0.1) is 12.7 Å². The van der Waals surface area contributed by atoms with Gasteiger partial charge in [0.1, 0.15) is 12.4 Å². The van der Waals surface area contributed by atoms with E-state index in [1.807, 2.05) is 49.4 Å². The van der Waals surface area contributed by atoms with Crippen molar-refractivity contribution in [2.75, 3.05) is 11.9 Å². The monoisotopic (exact) mass is 374 g/mol. The first kappa shape index (κ1) is 17.9. The average molecular weight is 374 g/mol. The number of carbonyl (C=O) groups excluding carboxylic acids is 2. The Morgan fingerprint density at radius 3 is 2.50 bits per heavy atom. The number of nitrogens with one attached hydrogen (secondary N) is 1. The number of hydrogen-bond acceptors (Lipinski definition) is 2. The van der Waals surface area contributed by atoms with Crippen LogP contribution in [-0.2, 0) is 4.79 Å². The van der Waals surface area contributed by atoms with Crippen molar-refractivity contribution in [3.05, 3.63) is 101 Å². The third kappa shape index (κ3) is 3.27. The molecule has 0 fully saturated rings. The molecule has 0 saturated carbocycles. The molecule has 0 spiro atoms. The fourth-order valence-electron chi connectivity index (χ4n) is 3.63. The first-order chi connectivity index (χ1) is 13.5. The van der Waals surface area contributed by atoms with Crippen molar-refractivity contribution in [2.24, 2.45) is 0 Å². The number of aryl methyl sites for hydroxylation is 1. The van der Waals surface area contributed by atoms with E-state index in [1.165, 1.54) is 17.0 Å². The molecule has 3 aromatic rings. The SMILES string of the molecule is Cc1ccccc1C(=O)N1CC(=O)Nc2ccc(F)cc2[C@H]1c1ccccc1. The molecule has 1 aliphatic rings. The summed E-state index contributed by atoms with van der Waals surface area (Å²) in [4.78, 5) is 27.5. The molecule has 0 aromatic heterocycles. The number of fused-ring (bicyclic) bond motifs is 1. The van der Waals surface area contributed by atoms with Crippen molar-refractivity contribution in [1.82, 2.24) is 4.90 Å². The van der Waals surface area contributed by atoms with Crippen LogP contribution in [0.4, 0.5) is 10.1 Å². The van der Waals surface area contributed by atoms with Crippen LogP contribution in [0.3, 0.4) is 0 Å². The number of benzene rings is 3. The number of carbonyl (C=O) groups is 2. The normalized spacial score (nSPS) is 16.1. The van der Waals surface area contributed by atoms with Crippen LogP contribution < -0.4 is 5.32 Å². The number of nitrogens with zero attached hydrogens (tertiary/aromatic N) is 1. The Morgan fingerprint density at radius 1 is 1.04 bits per heavy atom. The minimum atomic E-state index is -0.585. The summed E-state index contributed by atoms with van der Waals surface area (Å²) < 4.78 is 14.1. The summed E-state index contributed by atoms with van der Waals surface area (Å²) in [5.74, 6) is -0.994. The molecule has 0 radical (unpaired) electrons. The molecule has 28 heavy (non-hydrogen) atoms. The van der Waals surface area contributed by atoms with E-state index in [1.54, 1.807) is 18.2 Å². The van der Waals surface area contributed by atoms with Crippen molar-refractivity contribution in [3.8, 4) is 0 Å². The Bertz CT molecular complexity index is 1050. The molecule has 1 aliphatic heterocycles. The van der Waals surface area contributed by atoms with Gasteiger partial charge in [-0.15, -0.1) is 0 Å². The standard InChI is InChI=1S/C23H19FN2O2/c1-15-7-5-6-10-18(15)23(28)26-14-21(27)25-20-12-11-17(24)13-19(20)22(26)16-8-3-2-4-9-16/h2-13,22H,14H2,1H3,(H,25,27)/t22-/m1/s1. The predicted molar refractivity (Wildman–Crippen MR) is 106 cm³/mol. The Labute approximate surface area is 162 Å². The van der Waals surface area contributed by atoms with Crippen molar-refractivity contribution in [3.63, 3.8) is 0 Å². The lowest BCUT2D eigenvalue weighted by Crippen LogP contribution is -2.39. The Kier molecular flexibility index (Phi) is 4.65. The van der Waals surface area contributed by atoms with Gasteiger partial charge in [-0.1, -0.05) is 48.5 Å². The summed E-state index contributed by atoms with van der Waals surface area (Å²) in [5.41, 5.74) is 3.23. The van der Waals surface area contributed by atoms with Gasteiger partial charge in [-0.3, -0.25) is 9.59 Å². The highest BCUT2D eigenvalue weighted by molar-refractivity contribution is 6.02. The lowest BCUT2D eigenvalue weighted by molar-refractivity contribution is -0.117. The first-order valence-corrected chi connectivity index (χ1v) is 9.05. The molecule has 0 saturated heterocycles. The van der Waals surface area contributed by atoms with E-state index in [9.17, 15) is 14.0 Å². The minimum Gasteiger partial charge on any atom is -0.324 e. The van der Waals surface area contributed by atoms with Gasteiger partial charge in [0, 0.05) is 16.8 Å². The zero-order valence-corrected chi connectivity index (χ0v) is 15.4. The van der Waals surface area contributed by atoms with Gasteiger partial charge in [-0.05, 0) is 42.3 Å². The lowest BCUT2D eigenvalue weighted by atomic mass is 9.94. The van der Waals surface area contributed by atoms with E-state index < -0.39 is 11.9 Å². The third-order valence-corrected chi connectivity index (χ3v) is 4.96. The van der Waals surface area contributed by atoms with Crippen molar-refractivity contribution in [1.29, 1.82) is 0 Å². The Hall–Kier alpha value is -3.47. The van der Waals surface area contributed by atoms with Gasteiger partial charge in [0.2, 0.25) is 5.91 Å². The van der Waals surface area contributed by atoms with Gasteiger partial charge in [0.15, 0.2) is 0 Å². The minimum absolute atomic E-state index is 0.122. The van der Waals surface area contributed by atoms with Gasteiger partial charge in [-0.2, -0.15) is 0 Å². The topological polar surface area (TPSA) is 49.4 Å². The van der Waals surface area contributed by atoms with Crippen LogP contribution in [0.15, 0.2) is 72.8 Å². The summed E-state index contributed by atoms with van der Waals surface area (Å²) in [6, 6.07) is 20.3. The van der Waals surface area contributed by atoms with E-state index >= 15 is 0 Å². The average Bonchev–Trinajstić information content (AvgIpc) is 2.84. The number of rotatable bonds is 2. The van der Waals surface area contributed by atoms with Crippen LogP contribution in [-0.4, -0.2) is 23.3 Å². The summed E-state index contributed by atoms with van der Waals surface area (Å²) in [6.07, 6.45) is 0. The molecule has 1 N–H and O–H groups in total. The molecule has 1 atom stereocenters. The number of anilines is 1. The second-order valence-electron chi connectivity index (χ2n) is 6.84. The molecular weight excluding hydrogens is 355 g/mol. The van der Waals surface area contributed by atoms with Crippen LogP contribution in [0.2, 0.25) is 0 Å². The fourth-order valence-corrected chi connectivity index (χ4v) is 3.63. The van der Waals surface area contributed by atoms with E-state index in [2.05, 4.69) is 5.32 Å². The number of amides is 2. The predicted octanol–water partition coefficient (Wildman–Crippen LogP) is 4.32. The highest BCUT2D eigenvalue weighted by Gasteiger charge is 2.34. The summed E-state index contributed by atoms with van der Waals surface area (Å²) in [7, 11) is 0. The maximum absolute atomic E-state index is 14.1. The fraction of sp³-hybridized carbons (Fsp3) is 0.130. The zero-order valence-electron chi connectivity index (χ0n) is 15.4. The first-order valence-electron chi connectivity index (χ1n) is 9.05. The quantitative estimate of drug-likeness (QED) is 0.726. The van der Waals surface area contributed by atoms with Gasteiger partial charge in [0.25, 0.3) is 5.91 Å². The van der Waals surface area contributed by atoms with E-state index in [0.717, 1.165) is 11.1 Å². The summed E-state index contributed by atoms with van der Waals surface area (Å²) in [5, 5.41) is 2.80. The molecule has 5 heteroatoms. The van der Waals surface area contributed by atoms with Crippen LogP contribution in [0.1, 0.15) is 33.1 Å². The molecule has 0 aliphatic carbocycles. The van der Waals surface area contributed by atoms with Gasteiger partial charge >= 0.3 is 0 Å². The van der Waals surface area contributed by atoms with Crippen molar-refractivity contribution >= 4 is 17.5 Å². The van der Waals surface area contributed by atoms with Crippen molar-refractivity contribution < 1.29 is 14.0 Å². The maximum Gasteiger partial charge on any atom is 0.255 e. The third-order valence-electron chi connectivity index (χ3n) is 4.96. The molecular formula is C23H19FN2O2. The zero-order chi connectivity index (χ0) is 19.7. The maximum atomic E-state index is 14.1. The largest absolute Gasteiger partial charge is 0.324 e. The highest BCUT2D eigenvalue weighted by atomic mass is 19.1. The molecule has 4 nitrogen and oxygen atoms in total. The lowest BCUT2D eigenvalue weighted by Gasteiger charge is -2.31. The Balaban J connectivity index is 1.91. The summed E-state index contributed by atoms with van der Waals surface area (Å²) in [6.45, 7) is 1.74. The smallest absolute Gasteiger partial charge is 0.255 e. The molecule has 3 aromatic carbocycles. The van der Waals surface area contributed by atoms with E-state index in [-0.39, 0.29) is 18.4 Å². The second-order valence-corrected chi connectivity index (χ2v) is 6.84. The molecule has 0 bridgehead atoms. The van der Waals surface area contributed by atoms with Crippen LogP contribution in [0.25, 0.3) is 0 Å². The molecule has 1 heterocycles. The van der Waals surface area contributed by atoms with Gasteiger partial charge in [-0.25, -0.2) is 4.39 Å². The second kappa shape index (κ2) is 7.27. The molecule has 2 amide bonds. The number of halogens is 1. The van der Waals surface area contributed by atoms with Gasteiger partial charge < -0.3 is 10.2 Å². The van der Waals surface area contributed by atoms with Gasteiger partial charge in [0.05, 0.1) is 6.04 Å². The van der Waals surface area contributed by atoms with Crippen LogP contribution in [0.5, 0.6) is 0 Å². The summed E-state index contributed by atoms with van der Waals surface area (Å²) >= 11 is 0. The Morgan fingerprint density at radius 2 is 1.75 bits per heavy atom. The molecule has 140 valence electrons.